The summed E-state index contributed by atoms with van der Waals surface area (Å²) in [5.41, 5.74) is 3.51. The Morgan fingerprint density at radius 3 is 2.25 bits per heavy atom. The van der Waals surface area contributed by atoms with E-state index in [9.17, 15) is 4.79 Å². The van der Waals surface area contributed by atoms with Crippen molar-refractivity contribution in [1.29, 1.82) is 5.41 Å². The molecule has 5 heteroatoms. The van der Waals surface area contributed by atoms with Gasteiger partial charge in [-0.2, -0.15) is 5.48 Å². The highest BCUT2D eigenvalue weighted by molar-refractivity contribution is 5.91. The van der Waals surface area contributed by atoms with E-state index in [0.29, 0.717) is 5.56 Å². The van der Waals surface area contributed by atoms with Crippen molar-refractivity contribution in [2.75, 3.05) is 0 Å². The smallest absolute Gasteiger partial charge is 0.440 e. The molecule has 0 atom stereocenters. The van der Waals surface area contributed by atoms with Crippen molar-refractivity contribution in [2.24, 2.45) is 0 Å². The van der Waals surface area contributed by atoms with Crippen LogP contribution in [-0.2, 0) is 16.2 Å². The number of benzene rings is 2. The number of hydrogen-bond acceptors (Lipinski definition) is 4. The SMILES string of the molecule is N=C(ONC(=O)OCc1ccccc1)c1ccccc1. The summed E-state index contributed by atoms with van der Waals surface area (Å²) in [5.74, 6) is -0.151. The predicted octanol–water partition coefficient (Wildman–Crippen LogP) is 2.87. The molecule has 0 aliphatic rings. The number of rotatable bonds is 3. The highest BCUT2D eigenvalue weighted by Gasteiger charge is 2.06. The third-order valence-electron chi connectivity index (χ3n) is 2.49. The molecule has 5 nitrogen and oxygen atoms in total. The van der Waals surface area contributed by atoms with Gasteiger partial charge in [0.1, 0.15) is 6.61 Å². The highest BCUT2D eigenvalue weighted by Crippen LogP contribution is 2.02. The van der Waals surface area contributed by atoms with E-state index in [2.05, 4.69) is 5.48 Å². The Morgan fingerprint density at radius 2 is 1.60 bits per heavy atom. The number of nitrogens with one attached hydrogen (secondary N) is 2. The topological polar surface area (TPSA) is 71.4 Å². The van der Waals surface area contributed by atoms with E-state index in [1.165, 1.54) is 0 Å². The van der Waals surface area contributed by atoms with E-state index >= 15 is 0 Å². The largest absolute Gasteiger partial charge is 0.443 e. The number of carbonyl (C=O) groups is 1. The summed E-state index contributed by atoms with van der Waals surface area (Å²) in [7, 11) is 0. The Bertz CT molecular complexity index is 570. The lowest BCUT2D eigenvalue weighted by molar-refractivity contribution is 0.0897. The number of amides is 1. The molecule has 2 N–H and O–H groups in total. The van der Waals surface area contributed by atoms with Crippen LogP contribution in [0, 0.1) is 5.41 Å². The fourth-order valence-electron chi connectivity index (χ4n) is 1.49. The minimum absolute atomic E-state index is 0.148. The van der Waals surface area contributed by atoms with E-state index in [-0.39, 0.29) is 12.5 Å². The van der Waals surface area contributed by atoms with Gasteiger partial charge in [-0.15, -0.1) is 0 Å². The summed E-state index contributed by atoms with van der Waals surface area (Å²) < 4.78 is 4.94. The molecule has 0 saturated carbocycles. The molecule has 0 aliphatic carbocycles. The van der Waals surface area contributed by atoms with Crippen LogP contribution in [0.2, 0.25) is 0 Å². The Labute approximate surface area is 116 Å². The predicted molar refractivity (Wildman–Crippen MR) is 74.1 cm³/mol. The summed E-state index contributed by atoms with van der Waals surface area (Å²) in [6.07, 6.45) is -0.741. The lowest BCUT2D eigenvalue weighted by Crippen LogP contribution is -2.27. The van der Waals surface area contributed by atoms with Crippen LogP contribution in [-0.4, -0.2) is 12.0 Å². The van der Waals surface area contributed by atoms with Crippen LogP contribution >= 0.6 is 0 Å². The molecule has 0 spiro atoms. The Kier molecular flexibility index (Phi) is 4.72. The van der Waals surface area contributed by atoms with Gasteiger partial charge < -0.3 is 9.57 Å². The van der Waals surface area contributed by atoms with Crippen LogP contribution in [0.5, 0.6) is 0 Å². The van der Waals surface area contributed by atoms with E-state index < -0.39 is 6.09 Å². The molecule has 1 amide bonds. The van der Waals surface area contributed by atoms with Crippen molar-refractivity contribution in [3.8, 4) is 0 Å². The zero-order valence-corrected chi connectivity index (χ0v) is 10.7. The van der Waals surface area contributed by atoms with Gasteiger partial charge in [0.15, 0.2) is 0 Å². The Morgan fingerprint density at radius 1 is 1.00 bits per heavy atom. The molecule has 2 aromatic rings. The molecule has 2 rings (SSSR count). The fourth-order valence-corrected chi connectivity index (χ4v) is 1.49. The number of carbonyl (C=O) groups excluding carboxylic acids is 1. The summed E-state index contributed by atoms with van der Waals surface area (Å²) >= 11 is 0. The van der Waals surface area contributed by atoms with E-state index in [4.69, 9.17) is 15.0 Å². The molecule has 2 aromatic carbocycles. The summed E-state index contributed by atoms with van der Waals surface area (Å²) in [4.78, 5) is 16.2. The second-order valence-corrected chi connectivity index (χ2v) is 3.96. The van der Waals surface area contributed by atoms with Gasteiger partial charge >= 0.3 is 6.09 Å². The number of hydrogen-bond donors (Lipinski definition) is 2. The quantitative estimate of drug-likeness (QED) is 0.512. The molecule has 0 fully saturated rings. The number of ether oxygens (including phenoxy) is 1. The third kappa shape index (κ3) is 4.13. The summed E-state index contributed by atoms with van der Waals surface area (Å²) in [6.45, 7) is 0.148. The van der Waals surface area contributed by atoms with Gasteiger partial charge in [0.05, 0.1) is 0 Å². The maximum absolute atomic E-state index is 11.4. The van der Waals surface area contributed by atoms with Crippen molar-refractivity contribution >= 4 is 12.0 Å². The first kappa shape index (κ1) is 13.6. The normalized spacial score (nSPS) is 9.60. The van der Waals surface area contributed by atoms with Gasteiger partial charge in [-0.05, 0) is 17.7 Å². The van der Waals surface area contributed by atoms with E-state index in [0.717, 1.165) is 5.56 Å². The average Bonchev–Trinajstić information content (AvgIpc) is 2.52. The fraction of sp³-hybridized carbons (Fsp3) is 0.0667. The molecule has 0 radical (unpaired) electrons. The van der Waals surface area contributed by atoms with Gasteiger partial charge in [-0.25, -0.2) is 4.79 Å². The molecule has 0 unspecified atom stereocenters. The minimum Gasteiger partial charge on any atom is -0.443 e. The molecule has 0 aromatic heterocycles. The minimum atomic E-state index is -0.741. The molecule has 0 aliphatic heterocycles. The maximum Gasteiger partial charge on any atom is 0.440 e. The van der Waals surface area contributed by atoms with Crippen molar-refractivity contribution in [3.05, 3.63) is 71.8 Å². The third-order valence-corrected chi connectivity index (χ3v) is 2.49. The maximum atomic E-state index is 11.4. The van der Waals surface area contributed by atoms with Gasteiger partial charge in [-0.1, -0.05) is 48.5 Å². The zero-order valence-electron chi connectivity index (χ0n) is 10.7. The van der Waals surface area contributed by atoms with E-state index in [1.54, 1.807) is 24.3 Å². The molecule has 20 heavy (non-hydrogen) atoms. The van der Waals surface area contributed by atoms with Gasteiger partial charge in [0.2, 0.25) is 5.90 Å². The van der Waals surface area contributed by atoms with Crippen molar-refractivity contribution in [3.63, 3.8) is 0 Å². The molecule has 102 valence electrons. The second kappa shape index (κ2) is 6.94. The first-order chi connectivity index (χ1) is 9.75. The average molecular weight is 270 g/mol. The molecule has 0 bridgehead atoms. The monoisotopic (exact) mass is 270 g/mol. The lowest BCUT2D eigenvalue weighted by Gasteiger charge is -2.08. The van der Waals surface area contributed by atoms with Crippen molar-refractivity contribution in [2.45, 2.75) is 6.61 Å². The van der Waals surface area contributed by atoms with Crippen LogP contribution in [0.3, 0.4) is 0 Å². The molecular weight excluding hydrogens is 256 g/mol. The summed E-state index contributed by atoms with van der Waals surface area (Å²) in [5, 5.41) is 7.63. The van der Waals surface area contributed by atoms with Crippen LogP contribution in [0.4, 0.5) is 4.79 Å². The van der Waals surface area contributed by atoms with Gasteiger partial charge in [-0.3, -0.25) is 5.41 Å². The first-order valence-electron chi connectivity index (χ1n) is 6.03. The van der Waals surface area contributed by atoms with Crippen LogP contribution in [0.25, 0.3) is 0 Å². The number of hydroxylamine groups is 1. The molecule has 0 saturated heterocycles. The van der Waals surface area contributed by atoms with Gasteiger partial charge in [0, 0.05) is 5.56 Å². The summed E-state index contributed by atoms with van der Waals surface area (Å²) in [6, 6.07) is 18.1. The molecular formula is C15H14N2O3. The van der Waals surface area contributed by atoms with E-state index in [1.807, 2.05) is 36.4 Å². The molecule has 0 heterocycles. The van der Waals surface area contributed by atoms with Crippen LogP contribution in [0.15, 0.2) is 60.7 Å². The van der Waals surface area contributed by atoms with Crippen molar-refractivity contribution < 1.29 is 14.4 Å². The van der Waals surface area contributed by atoms with Crippen molar-refractivity contribution in [1.82, 2.24) is 5.48 Å². The van der Waals surface area contributed by atoms with Crippen LogP contribution < -0.4 is 5.48 Å². The standard InChI is InChI=1S/C15H14N2O3/c16-14(13-9-5-2-6-10-13)20-17-15(18)19-11-12-7-3-1-4-8-12/h1-10,16H,11H2,(H,17,18). The second-order valence-electron chi connectivity index (χ2n) is 3.96. The zero-order chi connectivity index (χ0) is 14.2. The first-order valence-corrected chi connectivity index (χ1v) is 6.03. The van der Waals surface area contributed by atoms with Crippen LogP contribution in [0.1, 0.15) is 11.1 Å². The highest BCUT2D eigenvalue weighted by atomic mass is 16.7. The van der Waals surface area contributed by atoms with Gasteiger partial charge in [0.25, 0.3) is 0 Å². The Balaban J connectivity index is 1.74. The Hall–Kier alpha value is -2.82. The lowest BCUT2D eigenvalue weighted by atomic mass is 10.2.